The van der Waals surface area contributed by atoms with Crippen LogP contribution < -0.4 is 10.1 Å². The first kappa shape index (κ1) is 16.5. The smallest absolute Gasteiger partial charge is 0.291 e. The second-order valence-corrected chi connectivity index (χ2v) is 6.38. The van der Waals surface area contributed by atoms with Crippen LogP contribution in [0.4, 0.5) is 0 Å². The monoisotopic (exact) mass is 358 g/mol. The Hall–Kier alpha value is -2.94. The Morgan fingerprint density at radius 1 is 1.42 bits per heavy atom. The minimum atomic E-state index is -0.568. The van der Waals surface area contributed by atoms with Crippen molar-refractivity contribution in [1.29, 1.82) is 0 Å². The molecule has 9 nitrogen and oxygen atoms in total. The Balaban J connectivity index is 1.30. The summed E-state index contributed by atoms with van der Waals surface area (Å²) in [6.07, 6.45) is 4.90. The van der Waals surface area contributed by atoms with Gasteiger partial charge >= 0.3 is 0 Å². The number of carbonyl (C=O) groups is 2. The van der Waals surface area contributed by atoms with Crippen molar-refractivity contribution in [3.63, 3.8) is 0 Å². The number of nitrogens with zero attached hydrogens (tertiary/aromatic N) is 3. The van der Waals surface area contributed by atoms with Gasteiger partial charge in [0.2, 0.25) is 11.6 Å². The summed E-state index contributed by atoms with van der Waals surface area (Å²) in [6, 6.07) is 5.21. The zero-order valence-electron chi connectivity index (χ0n) is 14.0. The summed E-state index contributed by atoms with van der Waals surface area (Å²) in [5, 5.41) is 2.82. The maximum Gasteiger partial charge on any atom is 0.291 e. The SMILES string of the molecule is O=C(COc1ccccn1)NCC12CC(CO1)N(C(=O)c1cnco1)C2. The minimum Gasteiger partial charge on any atom is -0.468 e. The van der Waals surface area contributed by atoms with Gasteiger partial charge in [-0.1, -0.05) is 6.07 Å². The van der Waals surface area contributed by atoms with Gasteiger partial charge in [0, 0.05) is 25.2 Å². The predicted octanol–water partition coefficient (Wildman–Crippen LogP) is 0.248. The summed E-state index contributed by atoms with van der Waals surface area (Å²) in [7, 11) is 0. The molecular weight excluding hydrogens is 340 g/mol. The van der Waals surface area contributed by atoms with Crippen molar-refractivity contribution < 1.29 is 23.5 Å². The number of hydrogen-bond donors (Lipinski definition) is 1. The number of aromatic nitrogens is 2. The molecule has 0 aliphatic carbocycles. The second-order valence-electron chi connectivity index (χ2n) is 6.38. The molecular formula is C17H18N4O5. The van der Waals surface area contributed by atoms with Crippen molar-refractivity contribution >= 4 is 11.8 Å². The quantitative estimate of drug-likeness (QED) is 0.789. The molecule has 1 N–H and O–H groups in total. The zero-order chi connectivity index (χ0) is 18.0. The van der Waals surface area contributed by atoms with Crippen LogP contribution in [0, 0.1) is 0 Å². The molecule has 2 aliphatic heterocycles. The van der Waals surface area contributed by atoms with Crippen LogP contribution in [-0.4, -0.2) is 64.6 Å². The lowest BCUT2D eigenvalue weighted by Crippen LogP contribution is -2.51. The van der Waals surface area contributed by atoms with E-state index >= 15 is 0 Å². The van der Waals surface area contributed by atoms with E-state index in [1.807, 2.05) is 0 Å². The van der Waals surface area contributed by atoms with Crippen molar-refractivity contribution in [2.75, 3.05) is 26.3 Å². The topological polar surface area (TPSA) is 107 Å². The predicted molar refractivity (Wildman–Crippen MR) is 87.4 cm³/mol. The summed E-state index contributed by atoms with van der Waals surface area (Å²) in [4.78, 5) is 34.0. The first-order valence-electron chi connectivity index (χ1n) is 8.29. The van der Waals surface area contributed by atoms with E-state index in [1.165, 1.54) is 12.6 Å². The molecule has 9 heteroatoms. The van der Waals surface area contributed by atoms with Gasteiger partial charge in [-0.25, -0.2) is 9.97 Å². The van der Waals surface area contributed by atoms with E-state index in [9.17, 15) is 9.59 Å². The number of pyridine rings is 1. The number of oxazole rings is 1. The molecule has 0 aromatic carbocycles. The molecule has 2 aromatic rings. The van der Waals surface area contributed by atoms with Gasteiger partial charge in [-0.05, 0) is 6.07 Å². The second kappa shape index (κ2) is 6.75. The molecule has 2 unspecified atom stereocenters. The lowest BCUT2D eigenvalue weighted by atomic mass is 10.0. The molecule has 26 heavy (non-hydrogen) atoms. The third-order valence-corrected chi connectivity index (χ3v) is 4.59. The highest BCUT2D eigenvalue weighted by atomic mass is 16.5. The van der Waals surface area contributed by atoms with Crippen molar-refractivity contribution in [1.82, 2.24) is 20.2 Å². The average Bonchev–Trinajstić information content (AvgIpc) is 3.41. The highest BCUT2D eigenvalue weighted by Crippen LogP contribution is 2.37. The molecule has 0 saturated carbocycles. The van der Waals surface area contributed by atoms with Crippen molar-refractivity contribution in [2.24, 2.45) is 0 Å². The third kappa shape index (κ3) is 3.25. The normalized spacial score (nSPS) is 23.8. The lowest BCUT2D eigenvalue weighted by Gasteiger charge is -2.32. The Kier molecular flexibility index (Phi) is 4.29. The summed E-state index contributed by atoms with van der Waals surface area (Å²) in [5.41, 5.74) is -0.568. The lowest BCUT2D eigenvalue weighted by molar-refractivity contribution is -0.124. The van der Waals surface area contributed by atoms with E-state index in [0.717, 1.165) is 0 Å². The molecule has 2 atom stereocenters. The van der Waals surface area contributed by atoms with Gasteiger partial charge in [0.05, 0.1) is 25.4 Å². The Morgan fingerprint density at radius 3 is 3.12 bits per heavy atom. The molecule has 2 aromatic heterocycles. The molecule has 2 aliphatic rings. The van der Waals surface area contributed by atoms with Gasteiger partial charge in [-0.2, -0.15) is 0 Å². The van der Waals surface area contributed by atoms with E-state index in [4.69, 9.17) is 13.9 Å². The van der Waals surface area contributed by atoms with Gasteiger partial charge in [0.15, 0.2) is 13.0 Å². The van der Waals surface area contributed by atoms with Crippen molar-refractivity contribution in [3.05, 3.63) is 42.7 Å². The number of carbonyl (C=O) groups excluding carboxylic acids is 2. The molecule has 2 saturated heterocycles. The molecule has 0 radical (unpaired) electrons. The number of nitrogens with one attached hydrogen (secondary N) is 1. The standard InChI is InChI=1S/C17H18N4O5/c22-14(8-24-15-3-1-2-4-19-15)20-9-17-5-12(7-26-17)21(10-17)16(23)13-6-18-11-25-13/h1-4,6,11-12H,5,7-10H2,(H,20,22). The Bertz CT molecular complexity index is 782. The third-order valence-electron chi connectivity index (χ3n) is 4.59. The van der Waals surface area contributed by atoms with Gasteiger partial charge in [-0.3, -0.25) is 9.59 Å². The largest absolute Gasteiger partial charge is 0.468 e. The number of morpholine rings is 1. The van der Waals surface area contributed by atoms with Crippen LogP contribution >= 0.6 is 0 Å². The van der Waals surface area contributed by atoms with Crippen LogP contribution in [0.1, 0.15) is 17.0 Å². The molecule has 2 fully saturated rings. The molecule has 4 rings (SSSR count). The molecule has 0 spiro atoms. The molecule has 4 heterocycles. The summed E-state index contributed by atoms with van der Waals surface area (Å²) >= 11 is 0. The van der Waals surface area contributed by atoms with Crippen LogP contribution in [0.25, 0.3) is 0 Å². The number of rotatable bonds is 6. The number of fused-ring (bicyclic) bond motifs is 2. The van der Waals surface area contributed by atoms with E-state index in [-0.39, 0.29) is 30.2 Å². The van der Waals surface area contributed by atoms with Gasteiger partial charge < -0.3 is 24.1 Å². The first-order valence-corrected chi connectivity index (χ1v) is 8.29. The van der Waals surface area contributed by atoms with Crippen LogP contribution in [0.3, 0.4) is 0 Å². The number of amides is 2. The van der Waals surface area contributed by atoms with Crippen LogP contribution in [0.15, 0.2) is 41.4 Å². The maximum atomic E-state index is 12.5. The molecule has 2 amide bonds. The zero-order valence-corrected chi connectivity index (χ0v) is 14.0. The van der Waals surface area contributed by atoms with Crippen LogP contribution in [-0.2, 0) is 9.53 Å². The molecule has 2 bridgehead atoms. The van der Waals surface area contributed by atoms with E-state index in [1.54, 1.807) is 29.3 Å². The maximum absolute atomic E-state index is 12.5. The van der Waals surface area contributed by atoms with Crippen molar-refractivity contribution in [2.45, 2.75) is 18.1 Å². The fraction of sp³-hybridized carbons (Fsp3) is 0.412. The number of ether oxygens (including phenoxy) is 2. The van der Waals surface area contributed by atoms with Gasteiger partial charge in [0.1, 0.15) is 5.60 Å². The fourth-order valence-corrected chi connectivity index (χ4v) is 3.33. The fourth-order valence-electron chi connectivity index (χ4n) is 3.33. The summed E-state index contributed by atoms with van der Waals surface area (Å²) in [5.74, 6) is 0.128. The number of hydrogen-bond acceptors (Lipinski definition) is 7. The van der Waals surface area contributed by atoms with Gasteiger partial charge in [-0.15, -0.1) is 0 Å². The minimum absolute atomic E-state index is 0.0192. The number of likely N-dealkylation sites (tertiary alicyclic amines) is 1. The highest BCUT2D eigenvalue weighted by molar-refractivity contribution is 5.91. The summed E-state index contributed by atoms with van der Waals surface area (Å²) < 4.78 is 16.2. The van der Waals surface area contributed by atoms with Gasteiger partial charge in [0.25, 0.3) is 11.8 Å². The Labute approximate surface area is 149 Å². The highest BCUT2D eigenvalue weighted by Gasteiger charge is 2.53. The Morgan fingerprint density at radius 2 is 2.35 bits per heavy atom. The van der Waals surface area contributed by atoms with Crippen molar-refractivity contribution in [3.8, 4) is 5.88 Å². The van der Waals surface area contributed by atoms with Crippen LogP contribution in [0.5, 0.6) is 5.88 Å². The molecule has 136 valence electrons. The summed E-state index contributed by atoms with van der Waals surface area (Å²) in [6.45, 7) is 1.03. The van der Waals surface area contributed by atoms with E-state index in [0.29, 0.717) is 32.0 Å². The first-order chi connectivity index (χ1) is 12.7. The van der Waals surface area contributed by atoms with Crippen LogP contribution in [0.2, 0.25) is 0 Å². The average molecular weight is 358 g/mol. The van der Waals surface area contributed by atoms with E-state index in [2.05, 4.69) is 15.3 Å². The van der Waals surface area contributed by atoms with E-state index < -0.39 is 5.60 Å².